The van der Waals surface area contributed by atoms with Crippen molar-refractivity contribution in [2.75, 3.05) is 43.6 Å². The second-order valence-electron chi connectivity index (χ2n) is 11.4. The molecular formula is C34H43Cl2NO9S. The van der Waals surface area contributed by atoms with E-state index in [2.05, 4.69) is 6.92 Å². The summed E-state index contributed by atoms with van der Waals surface area (Å²) >= 11 is 12.1. The Morgan fingerprint density at radius 2 is 1.74 bits per heavy atom. The lowest BCUT2D eigenvalue weighted by atomic mass is 9.81. The topological polar surface area (TPSA) is 133 Å². The lowest BCUT2D eigenvalue weighted by Gasteiger charge is -2.25. The molecule has 2 fully saturated rings. The fourth-order valence-corrected chi connectivity index (χ4v) is 7.04. The van der Waals surface area contributed by atoms with Crippen LogP contribution in [-0.2, 0) is 51.5 Å². The summed E-state index contributed by atoms with van der Waals surface area (Å²) in [5.74, 6) is -3.08. The zero-order chi connectivity index (χ0) is 34.7. The number of hydrogen-bond donors (Lipinski definition) is 0. The van der Waals surface area contributed by atoms with Crippen LogP contribution in [0, 0.1) is 12.8 Å². The smallest absolute Gasteiger partial charge is 0.243 e. The first-order chi connectivity index (χ1) is 22.3. The van der Waals surface area contributed by atoms with Crippen molar-refractivity contribution in [1.29, 1.82) is 0 Å². The molecule has 258 valence electrons. The Hall–Kier alpha value is -2.67. The fraction of sp³-hybridized carbons (Fsp3) is 0.529. The van der Waals surface area contributed by atoms with Crippen molar-refractivity contribution in [1.82, 2.24) is 0 Å². The van der Waals surface area contributed by atoms with Gasteiger partial charge in [-0.2, -0.15) is 0 Å². The Morgan fingerprint density at radius 3 is 2.32 bits per heavy atom. The molecule has 2 aliphatic rings. The third-order valence-electron chi connectivity index (χ3n) is 8.00. The minimum Gasteiger partial charge on any atom is -0.376 e. The maximum atomic E-state index is 12.9. The van der Waals surface area contributed by atoms with Crippen molar-refractivity contribution < 1.29 is 41.8 Å². The summed E-state index contributed by atoms with van der Waals surface area (Å²) in [6, 6.07) is 8.57. The molecule has 2 aromatic rings. The van der Waals surface area contributed by atoms with Crippen LogP contribution in [0.2, 0.25) is 5.02 Å². The molecule has 10 nitrogen and oxygen atoms in total. The van der Waals surface area contributed by atoms with Gasteiger partial charge in [0.05, 0.1) is 34.9 Å². The maximum Gasteiger partial charge on any atom is 0.243 e. The summed E-state index contributed by atoms with van der Waals surface area (Å²) in [7, 11) is -3.64. The fourth-order valence-electron chi connectivity index (χ4n) is 5.60. The summed E-state index contributed by atoms with van der Waals surface area (Å²) < 4.78 is 40.8. The van der Waals surface area contributed by atoms with Gasteiger partial charge >= 0.3 is 0 Å². The summed E-state index contributed by atoms with van der Waals surface area (Å²) in [5, 5.41) is -0.101. The third kappa shape index (κ3) is 10.2. The summed E-state index contributed by atoms with van der Waals surface area (Å²) in [6.07, 6.45) is 4.42. The second-order valence-corrected chi connectivity index (χ2v) is 14.1. The van der Waals surface area contributed by atoms with E-state index >= 15 is 0 Å². The quantitative estimate of drug-likeness (QED) is 0.111. The van der Waals surface area contributed by atoms with Crippen molar-refractivity contribution in [2.45, 2.75) is 76.9 Å². The van der Waals surface area contributed by atoms with Crippen LogP contribution in [0.1, 0.15) is 73.0 Å². The number of ether oxygens (including phenoxy) is 3. The number of ketones is 3. The van der Waals surface area contributed by atoms with E-state index in [9.17, 15) is 27.6 Å². The summed E-state index contributed by atoms with van der Waals surface area (Å²) in [6.45, 7) is 7.60. The van der Waals surface area contributed by atoms with Crippen LogP contribution in [0.5, 0.6) is 0 Å². The van der Waals surface area contributed by atoms with Crippen molar-refractivity contribution in [2.24, 2.45) is 5.92 Å². The highest BCUT2D eigenvalue weighted by molar-refractivity contribution is 7.90. The largest absolute Gasteiger partial charge is 0.376 e. The van der Waals surface area contributed by atoms with Gasteiger partial charge in [0.15, 0.2) is 27.2 Å². The van der Waals surface area contributed by atoms with Gasteiger partial charge in [-0.1, -0.05) is 36.7 Å². The van der Waals surface area contributed by atoms with E-state index in [-0.39, 0.29) is 71.7 Å². The number of benzene rings is 2. The first-order valence-corrected chi connectivity index (χ1v) is 18.5. The van der Waals surface area contributed by atoms with Gasteiger partial charge in [0.2, 0.25) is 5.91 Å². The van der Waals surface area contributed by atoms with Gasteiger partial charge in [0.25, 0.3) is 0 Å². The van der Waals surface area contributed by atoms with Gasteiger partial charge < -0.3 is 14.2 Å². The number of alkyl halides is 1. The predicted molar refractivity (Wildman–Crippen MR) is 180 cm³/mol. The van der Waals surface area contributed by atoms with Crippen LogP contribution >= 0.6 is 23.2 Å². The lowest BCUT2D eigenvalue weighted by molar-refractivity contribution is -0.133. The molecule has 0 radical (unpaired) electrons. The normalized spacial score (nSPS) is 16.9. The van der Waals surface area contributed by atoms with Crippen LogP contribution < -0.4 is 4.90 Å². The number of sulfone groups is 1. The number of Topliss-reactive ketones (excluding diaryl/α,β-unsaturated/α-hetero) is 3. The Balaban J connectivity index is 0.000000287. The number of amides is 1. The predicted octanol–water partition coefficient (Wildman–Crippen LogP) is 5.68. The van der Waals surface area contributed by atoms with E-state index in [1.54, 1.807) is 4.90 Å². The van der Waals surface area contributed by atoms with Crippen molar-refractivity contribution in [3.63, 3.8) is 0 Å². The molecule has 1 unspecified atom stereocenters. The molecule has 2 aromatic carbocycles. The Bertz CT molecular complexity index is 1540. The highest BCUT2D eigenvalue weighted by atomic mass is 35.5. The van der Waals surface area contributed by atoms with Gasteiger partial charge in [0.1, 0.15) is 18.5 Å². The highest BCUT2D eigenvalue weighted by Gasteiger charge is 2.38. The van der Waals surface area contributed by atoms with Crippen LogP contribution in [0.25, 0.3) is 0 Å². The zero-order valence-corrected chi connectivity index (χ0v) is 29.6. The molecule has 1 saturated heterocycles. The number of nitrogens with zero attached hydrogens (tertiary/aromatic N) is 1. The standard InChI is InChI=1S/C20H23ClO7S.C14H20ClNO2/c1-29(25,26)17-8-7-13(20(24)18-15(22)5-2-6-16(18)23)19(21)14(17)11-27-10-12-4-3-9-28-12;1-4-12-8-6-7-11(3)14(12)16(10-18-5-2)13(17)9-15/h7-8,12,18H,2-6,9-11H2,1H3;6-8H,4-5,9-10H2,1-3H3. The molecule has 1 aliphatic carbocycles. The number of carbonyl (C=O) groups excluding carboxylic acids is 4. The van der Waals surface area contributed by atoms with Crippen LogP contribution in [-0.4, -0.2) is 76.5 Å². The highest BCUT2D eigenvalue weighted by Crippen LogP contribution is 2.32. The molecule has 13 heteroatoms. The van der Waals surface area contributed by atoms with E-state index in [0.717, 1.165) is 42.3 Å². The number of halogens is 2. The third-order valence-corrected chi connectivity index (χ3v) is 9.85. The number of rotatable bonds is 13. The number of carbonyl (C=O) groups is 4. The van der Waals surface area contributed by atoms with E-state index < -0.39 is 33.1 Å². The molecule has 0 spiro atoms. The average molecular weight is 713 g/mol. The molecule has 1 saturated carbocycles. The minimum atomic E-state index is -3.64. The summed E-state index contributed by atoms with van der Waals surface area (Å²) in [5.41, 5.74) is 3.23. The molecule has 1 aliphatic heterocycles. The monoisotopic (exact) mass is 711 g/mol. The molecule has 4 rings (SSSR count). The Labute approximate surface area is 286 Å². The molecule has 47 heavy (non-hydrogen) atoms. The Morgan fingerprint density at radius 1 is 1.04 bits per heavy atom. The van der Waals surface area contributed by atoms with Gasteiger partial charge in [-0.05, 0) is 62.8 Å². The van der Waals surface area contributed by atoms with Crippen molar-refractivity contribution in [3.05, 3.63) is 57.6 Å². The maximum absolute atomic E-state index is 12.9. The molecule has 0 bridgehead atoms. The molecule has 0 N–H and O–H groups in total. The van der Waals surface area contributed by atoms with E-state index in [0.29, 0.717) is 19.6 Å². The van der Waals surface area contributed by atoms with Crippen LogP contribution in [0.4, 0.5) is 5.69 Å². The number of hydrogen-bond acceptors (Lipinski definition) is 9. The summed E-state index contributed by atoms with van der Waals surface area (Å²) in [4.78, 5) is 50.7. The van der Waals surface area contributed by atoms with Gasteiger partial charge in [0, 0.05) is 43.4 Å². The molecule has 1 heterocycles. The molecule has 0 aromatic heterocycles. The first kappa shape index (κ1) is 38.8. The number of anilines is 1. The van der Waals surface area contributed by atoms with Crippen molar-refractivity contribution >= 4 is 62.0 Å². The number of para-hydroxylation sites is 1. The average Bonchev–Trinajstić information content (AvgIpc) is 3.55. The number of aryl methyl sites for hydroxylation is 2. The van der Waals surface area contributed by atoms with Crippen LogP contribution in [0.15, 0.2) is 35.2 Å². The zero-order valence-electron chi connectivity index (χ0n) is 27.3. The van der Waals surface area contributed by atoms with Gasteiger partial charge in [-0.15, -0.1) is 11.6 Å². The molecule has 1 amide bonds. The van der Waals surface area contributed by atoms with Crippen molar-refractivity contribution in [3.8, 4) is 0 Å². The SMILES string of the molecule is CCOCN(C(=O)CCl)c1c(C)cccc1CC.CS(=O)(=O)c1ccc(C(=O)C2C(=O)CCCC2=O)c(Cl)c1COCC1CCCO1. The second kappa shape index (κ2) is 18.2. The van der Waals surface area contributed by atoms with E-state index in [1.807, 2.05) is 32.0 Å². The minimum absolute atomic E-state index is 0.0371. The first-order valence-electron chi connectivity index (χ1n) is 15.7. The van der Waals surface area contributed by atoms with Gasteiger partial charge in [-0.3, -0.25) is 24.1 Å². The van der Waals surface area contributed by atoms with Crippen LogP contribution in [0.3, 0.4) is 0 Å². The van der Waals surface area contributed by atoms with Gasteiger partial charge in [-0.25, -0.2) is 8.42 Å². The molecule has 1 atom stereocenters. The van der Waals surface area contributed by atoms with E-state index in [4.69, 9.17) is 37.4 Å². The lowest BCUT2D eigenvalue weighted by Crippen LogP contribution is -2.35. The van der Waals surface area contributed by atoms with E-state index in [1.165, 1.54) is 12.1 Å². The molecular weight excluding hydrogens is 669 g/mol. The Kier molecular flexibility index (Phi) is 15.0.